The summed E-state index contributed by atoms with van der Waals surface area (Å²) in [6, 6.07) is 8.17. The average molecular weight is 301 g/mol. The molecule has 3 N–H and O–H groups in total. The third kappa shape index (κ3) is 3.33. The van der Waals surface area contributed by atoms with Crippen LogP contribution in [0, 0.1) is 5.41 Å². The van der Waals surface area contributed by atoms with Crippen LogP contribution in [0.25, 0.3) is 0 Å². The Morgan fingerprint density at radius 3 is 2.45 bits per heavy atom. The van der Waals surface area contributed by atoms with Crippen LogP contribution in [0.3, 0.4) is 0 Å². The molecule has 0 radical (unpaired) electrons. The molecule has 1 aliphatic carbocycles. The predicted octanol–water partition coefficient (Wildman–Crippen LogP) is 2.58. The summed E-state index contributed by atoms with van der Waals surface area (Å²) in [6.45, 7) is 5.29. The molecule has 1 aromatic rings. The molecule has 1 heterocycles. The highest BCUT2D eigenvalue weighted by molar-refractivity contribution is 5.93. The minimum absolute atomic E-state index is 0.0526. The highest BCUT2D eigenvalue weighted by Crippen LogP contribution is 2.45. The minimum Gasteiger partial charge on any atom is -0.316 e. The number of hydrazine groups is 1. The molecule has 1 aromatic carbocycles. The second kappa shape index (κ2) is 6.80. The molecule has 1 saturated heterocycles. The van der Waals surface area contributed by atoms with E-state index in [4.69, 9.17) is 0 Å². The fraction of sp³-hybridized carbons (Fsp3) is 0.611. The van der Waals surface area contributed by atoms with Crippen molar-refractivity contribution in [3.63, 3.8) is 0 Å². The summed E-state index contributed by atoms with van der Waals surface area (Å²) in [5, 5.41) is 3.42. The molecule has 22 heavy (non-hydrogen) atoms. The summed E-state index contributed by atoms with van der Waals surface area (Å²) < 4.78 is 0. The molecule has 2 fully saturated rings. The summed E-state index contributed by atoms with van der Waals surface area (Å²) in [4.78, 5) is 12.0. The van der Waals surface area contributed by atoms with E-state index in [1.54, 1.807) is 0 Å². The molecule has 0 aromatic heterocycles. The van der Waals surface area contributed by atoms with Crippen LogP contribution in [0.4, 0.5) is 0 Å². The highest BCUT2D eigenvalue weighted by atomic mass is 16.2. The van der Waals surface area contributed by atoms with Gasteiger partial charge in [-0.05, 0) is 61.1 Å². The van der Waals surface area contributed by atoms with Gasteiger partial charge in [-0.3, -0.25) is 10.2 Å². The Hall–Kier alpha value is -1.39. The first-order chi connectivity index (χ1) is 10.7. The van der Waals surface area contributed by atoms with Crippen LogP contribution in [0.2, 0.25) is 0 Å². The summed E-state index contributed by atoms with van der Waals surface area (Å²) in [7, 11) is 0. The summed E-state index contributed by atoms with van der Waals surface area (Å²) >= 11 is 0. The van der Waals surface area contributed by atoms with Gasteiger partial charge in [0, 0.05) is 25.2 Å². The Balaban J connectivity index is 1.54. The van der Waals surface area contributed by atoms with Crippen LogP contribution in [-0.2, 0) is 0 Å². The number of hydrogen-bond donors (Lipinski definition) is 3. The highest BCUT2D eigenvalue weighted by Gasteiger charge is 2.40. The monoisotopic (exact) mass is 301 g/mol. The maximum absolute atomic E-state index is 12.0. The average Bonchev–Trinajstić information content (AvgIpc) is 2.54. The van der Waals surface area contributed by atoms with E-state index in [9.17, 15) is 4.79 Å². The maximum Gasteiger partial charge on any atom is 0.265 e. The van der Waals surface area contributed by atoms with Gasteiger partial charge in [-0.15, -0.1) is 0 Å². The van der Waals surface area contributed by atoms with Gasteiger partial charge in [0.2, 0.25) is 0 Å². The number of nitrogens with one attached hydrogen (secondary N) is 3. The molecule has 4 heteroatoms. The van der Waals surface area contributed by atoms with Gasteiger partial charge in [0.15, 0.2) is 0 Å². The Bertz CT molecular complexity index is 498. The zero-order chi connectivity index (χ0) is 15.4. The first-order valence-electron chi connectivity index (χ1n) is 8.56. The quantitative estimate of drug-likeness (QED) is 0.579. The minimum atomic E-state index is -0.0526. The van der Waals surface area contributed by atoms with Gasteiger partial charge in [0.25, 0.3) is 5.91 Å². The molecule has 0 bridgehead atoms. The normalized spacial score (nSPS) is 20.6. The first kappa shape index (κ1) is 15.5. The van der Waals surface area contributed by atoms with E-state index in [2.05, 4.69) is 35.2 Å². The molecule has 1 aliphatic heterocycles. The Labute approximate surface area is 133 Å². The molecular formula is C18H27N3O. The van der Waals surface area contributed by atoms with Crippen molar-refractivity contribution in [3.05, 3.63) is 35.4 Å². The lowest BCUT2D eigenvalue weighted by molar-refractivity contribution is 0.0933. The van der Waals surface area contributed by atoms with Crippen LogP contribution in [0.5, 0.6) is 0 Å². The third-order valence-electron chi connectivity index (χ3n) is 5.27. The van der Waals surface area contributed by atoms with Crippen LogP contribution < -0.4 is 16.2 Å². The molecular weight excluding hydrogens is 274 g/mol. The van der Waals surface area contributed by atoms with Crippen molar-refractivity contribution in [1.29, 1.82) is 0 Å². The van der Waals surface area contributed by atoms with E-state index in [0.29, 0.717) is 11.3 Å². The van der Waals surface area contributed by atoms with Crippen LogP contribution in [0.1, 0.15) is 60.9 Å². The van der Waals surface area contributed by atoms with E-state index in [0.717, 1.165) is 18.5 Å². The smallest absolute Gasteiger partial charge is 0.265 e. The zero-order valence-electron chi connectivity index (χ0n) is 13.5. The lowest BCUT2D eigenvalue weighted by Crippen LogP contribution is -2.54. The van der Waals surface area contributed by atoms with E-state index >= 15 is 0 Å². The van der Waals surface area contributed by atoms with Crippen molar-refractivity contribution < 1.29 is 4.79 Å². The van der Waals surface area contributed by atoms with Gasteiger partial charge in [-0.25, -0.2) is 5.43 Å². The lowest BCUT2D eigenvalue weighted by atomic mass is 9.66. The van der Waals surface area contributed by atoms with Gasteiger partial charge in [-0.1, -0.05) is 19.1 Å². The number of benzene rings is 1. The predicted molar refractivity (Wildman–Crippen MR) is 88.7 cm³/mol. The van der Waals surface area contributed by atoms with Gasteiger partial charge in [0.05, 0.1) is 0 Å². The topological polar surface area (TPSA) is 53.2 Å². The van der Waals surface area contributed by atoms with E-state index in [-0.39, 0.29) is 5.91 Å². The van der Waals surface area contributed by atoms with E-state index < -0.39 is 0 Å². The largest absolute Gasteiger partial charge is 0.316 e. The molecule has 3 rings (SSSR count). The Morgan fingerprint density at radius 2 is 1.91 bits per heavy atom. The van der Waals surface area contributed by atoms with E-state index in [1.807, 2.05) is 12.1 Å². The van der Waals surface area contributed by atoms with Crippen molar-refractivity contribution in [2.45, 2.75) is 44.9 Å². The molecule has 4 nitrogen and oxygen atoms in total. The molecule has 0 atom stereocenters. The molecule has 0 unspecified atom stereocenters. The van der Waals surface area contributed by atoms with Gasteiger partial charge in [0.1, 0.15) is 0 Å². The number of carbonyl (C=O) groups is 1. The molecule has 1 amide bonds. The van der Waals surface area contributed by atoms with Crippen molar-refractivity contribution in [2.24, 2.45) is 5.41 Å². The number of hydrogen-bond acceptors (Lipinski definition) is 3. The third-order valence-corrected chi connectivity index (χ3v) is 5.27. The lowest BCUT2D eigenvalue weighted by Gasteiger charge is -2.47. The fourth-order valence-corrected chi connectivity index (χ4v) is 3.64. The summed E-state index contributed by atoms with van der Waals surface area (Å²) in [5.74, 6) is 0.615. The Kier molecular flexibility index (Phi) is 4.79. The fourth-order valence-electron chi connectivity index (χ4n) is 3.64. The van der Waals surface area contributed by atoms with Crippen LogP contribution in [0.15, 0.2) is 24.3 Å². The number of amides is 1. The zero-order valence-corrected chi connectivity index (χ0v) is 13.5. The van der Waals surface area contributed by atoms with Gasteiger partial charge >= 0.3 is 0 Å². The molecule has 1 spiro atoms. The molecule has 2 aliphatic rings. The van der Waals surface area contributed by atoms with Crippen molar-refractivity contribution in [1.82, 2.24) is 16.2 Å². The number of rotatable bonds is 5. The van der Waals surface area contributed by atoms with Gasteiger partial charge < -0.3 is 5.32 Å². The van der Waals surface area contributed by atoms with Crippen molar-refractivity contribution in [2.75, 3.05) is 19.6 Å². The summed E-state index contributed by atoms with van der Waals surface area (Å²) in [5.41, 5.74) is 8.38. The molecule has 120 valence electrons. The summed E-state index contributed by atoms with van der Waals surface area (Å²) in [6.07, 6.45) is 6.25. The van der Waals surface area contributed by atoms with Crippen molar-refractivity contribution in [3.8, 4) is 0 Å². The van der Waals surface area contributed by atoms with Crippen LogP contribution >= 0.6 is 0 Å². The number of carbonyl (C=O) groups excluding carboxylic acids is 1. The first-order valence-corrected chi connectivity index (χ1v) is 8.56. The molecule has 1 saturated carbocycles. The van der Waals surface area contributed by atoms with E-state index in [1.165, 1.54) is 44.3 Å². The van der Waals surface area contributed by atoms with Crippen LogP contribution in [-0.4, -0.2) is 25.5 Å². The second-order valence-electron chi connectivity index (χ2n) is 6.88. The maximum atomic E-state index is 12.0. The Morgan fingerprint density at radius 1 is 1.23 bits per heavy atom. The second-order valence-corrected chi connectivity index (χ2v) is 6.88. The SMILES string of the molecule is CCCNNC(=O)c1ccc(C2CCC3(CC2)CNC3)cc1. The van der Waals surface area contributed by atoms with Crippen molar-refractivity contribution >= 4 is 5.91 Å². The standard InChI is InChI=1S/C18H27N3O/c1-2-11-20-21-17(22)16-5-3-14(4-6-16)15-7-9-18(10-8-15)12-19-13-18/h3-6,15,19-20H,2,7-13H2,1H3,(H,21,22). The van der Waals surface area contributed by atoms with Gasteiger partial charge in [-0.2, -0.15) is 0 Å².